The number of rotatable bonds is 5. The Balaban J connectivity index is 1.58. The Bertz CT molecular complexity index is 783. The molecule has 0 unspecified atom stereocenters. The molecule has 0 fully saturated rings. The number of pyridine rings is 1. The number of nitrogens with one attached hydrogen (secondary N) is 1. The van der Waals surface area contributed by atoms with Crippen molar-refractivity contribution >= 4 is 32.7 Å². The fourth-order valence-corrected chi connectivity index (χ4v) is 2.73. The number of nitrogens with zero attached hydrogens (tertiary/aromatic N) is 2. The van der Waals surface area contributed by atoms with E-state index >= 15 is 0 Å². The van der Waals surface area contributed by atoms with Crippen LogP contribution < -0.4 is 5.32 Å². The van der Waals surface area contributed by atoms with Gasteiger partial charge in [-0.2, -0.15) is 0 Å². The molecule has 3 aromatic rings. The molecule has 3 rings (SSSR count). The number of benzene rings is 1. The Hall–Kier alpha value is -2.14. The topological polar surface area (TPSA) is 46.9 Å². The summed E-state index contributed by atoms with van der Waals surface area (Å²) in [4.78, 5) is 16.3. The van der Waals surface area contributed by atoms with Crippen LogP contribution in [0.5, 0.6) is 0 Å². The fourth-order valence-electron chi connectivity index (χ4n) is 2.38. The normalized spacial score (nSPS) is 10.8. The first kappa shape index (κ1) is 14.8. The van der Waals surface area contributed by atoms with Crippen molar-refractivity contribution in [2.45, 2.75) is 13.0 Å². The van der Waals surface area contributed by atoms with Crippen LogP contribution in [0.1, 0.15) is 5.69 Å². The van der Waals surface area contributed by atoms with Crippen molar-refractivity contribution < 1.29 is 4.79 Å². The molecule has 0 aliphatic rings. The molecule has 0 radical (unpaired) electrons. The zero-order chi connectivity index (χ0) is 15.4. The van der Waals surface area contributed by atoms with Crippen LogP contribution in [0.25, 0.3) is 10.9 Å². The average molecular weight is 358 g/mol. The van der Waals surface area contributed by atoms with E-state index < -0.39 is 0 Å². The summed E-state index contributed by atoms with van der Waals surface area (Å²) in [5.74, 6) is 0.00778. The molecule has 112 valence electrons. The van der Waals surface area contributed by atoms with Crippen LogP contribution in [0.2, 0.25) is 0 Å². The lowest BCUT2D eigenvalue weighted by molar-refractivity contribution is -0.121. The number of halogens is 1. The largest absolute Gasteiger partial charge is 0.354 e. The monoisotopic (exact) mass is 357 g/mol. The van der Waals surface area contributed by atoms with Gasteiger partial charge in [0, 0.05) is 41.0 Å². The molecule has 0 aliphatic heterocycles. The van der Waals surface area contributed by atoms with Crippen LogP contribution in [0.15, 0.2) is 59.3 Å². The van der Waals surface area contributed by atoms with Gasteiger partial charge in [-0.15, -0.1) is 0 Å². The maximum atomic E-state index is 12.1. The van der Waals surface area contributed by atoms with Gasteiger partial charge in [-0.1, -0.05) is 28.1 Å². The Morgan fingerprint density at radius 2 is 2.14 bits per heavy atom. The molecule has 2 aromatic heterocycles. The van der Waals surface area contributed by atoms with E-state index in [2.05, 4.69) is 26.2 Å². The third-order valence-electron chi connectivity index (χ3n) is 3.48. The van der Waals surface area contributed by atoms with Gasteiger partial charge >= 0.3 is 0 Å². The summed E-state index contributed by atoms with van der Waals surface area (Å²) in [7, 11) is 0. The standard InChI is InChI=1S/C17H16BrN3O/c18-14-5-4-13-7-10-21(16(13)11-14)12-17(22)20-9-6-15-3-1-2-8-19-15/h1-5,7-8,10-11H,6,9,12H2,(H,20,22). The van der Waals surface area contributed by atoms with Gasteiger partial charge in [0.1, 0.15) is 6.54 Å². The predicted molar refractivity (Wildman–Crippen MR) is 90.6 cm³/mol. The minimum Gasteiger partial charge on any atom is -0.354 e. The number of fused-ring (bicyclic) bond motifs is 1. The number of carbonyl (C=O) groups is 1. The predicted octanol–water partition coefficient (Wildman–Crippen LogP) is 3.16. The molecule has 1 aromatic carbocycles. The lowest BCUT2D eigenvalue weighted by atomic mass is 10.2. The Kier molecular flexibility index (Phi) is 4.53. The Morgan fingerprint density at radius 1 is 1.23 bits per heavy atom. The fraction of sp³-hybridized carbons (Fsp3) is 0.176. The van der Waals surface area contributed by atoms with E-state index in [9.17, 15) is 4.79 Å². The molecule has 0 spiro atoms. The lowest BCUT2D eigenvalue weighted by Crippen LogP contribution is -2.29. The first-order valence-corrected chi connectivity index (χ1v) is 7.93. The summed E-state index contributed by atoms with van der Waals surface area (Å²) in [6.07, 6.45) is 4.45. The summed E-state index contributed by atoms with van der Waals surface area (Å²) in [6.45, 7) is 0.918. The van der Waals surface area contributed by atoms with Crippen molar-refractivity contribution in [3.8, 4) is 0 Å². The van der Waals surface area contributed by atoms with Gasteiger partial charge in [0.2, 0.25) is 5.91 Å². The number of hydrogen-bond donors (Lipinski definition) is 1. The van der Waals surface area contributed by atoms with Gasteiger partial charge in [-0.3, -0.25) is 9.78 Å². The third kappa shape index (κ3) is 3.54. The van der Waals surface area contributed by atoms with Gasteiger partial charge in [-0.05, 0) is 35.7 Å². The second-order valence-corrected chi connectivity index (χ2v) is 5.98. The van der Waals surface area contributed by atoms with Gasteiger partial charge in [-0.25, -0.2) is 0 Å². The zero-order valence-electron chi connectivity index (χ0n) is 12.0. The molecular formula is C17H16BrN3O. The molecule has 2 heterocycles. The smallest absolute Gasteiger partial charge is 0.239 e. The quantitative estimate of drug-likeness (QED) is 0.762. The molecule has 4 nitrogen and oxygen atoms in total. The van der Waals surface area contributed by atoms with Gasteiger partial charge < -0.3 is 9.88 Å². The van der Waals surface area contributed by atoms with Gasteiger partial charge in [0.15, 0.2) is 0 Å². The second-order valence-electron chi connectivity index (χ2n) is 5.07. The highest BCUT2D eigenvalue weighted by Crippen LogP contribution is 2.20. The Labute approximate surface area is 137 Å². The minimum absolute atomic E-state index is 0.00778. The van der Waals surface area contributed by atoms with Gasteiger partial charge in [0.25, 0.3) is 0 Å². The summed E-state index contributed by atoms with van der Waals surface area (Å²) in [5.41, 5.74) is 2.03. The molecule has 1 N–H and O–H groups in total. The minimum atomic E-state index is 0.00778. The third-order valence-corrected chi connectivity index (χ3v) is 3.97. The van der Waals surface area contributed by atoms with Crippen LogP contribution in [0, 0.1) is 0 Å². The van der Waals surface area contributed by atoms with Crippen LogP contribution in [-0.4, -0.2) is 22.0 Å². The van der Waals surface area contributed by atoms with E-state index in [0.717, 1.165) is 27.5 Å². The zero-order valence-corrected chi connectivity index (χ0v) is 13.6. The summed E-state index contributed by atoms with van der Waals surface area (Å²) < 4.78 is 2.96. The highest BCUT2D eigenvalue weighted by Gasteiger charge is 2.06. The maximum Gasteiger partial charge on any atom is 0.239 e. The first-order chi connectivity index (χ1) is 10.7. The molecule has 5 heteroatoms. The average Bonchev–Trinajstić information content (AvgIpc) is 2.90. The van der Waals surface area contributed by atoms with Crippen molar-refractivity contribution in [2.75, 3.05) is 6.54 Å². The van der Waals surface area contributed by atoms with Crippen LogP contribution in [0.3, 0.4) is 0 Å². The van der Waals surface area contributed by atoms with Crippen LogP contribution in [-0.2, 0) is 17.8 Å². The van der Waals surface area contributed by atoms with E-state index in [1.165, 1.54) is 0 Å². The maximum absolute atomic E-state index is 12.1. The first-order valence-electron chi connectivity index (χ1n) is 7.13. The van der Waals surface area contributed by atoms with Crippen LogP contribution >= 0.6 is 15.9 Å². The molecule has 22 heavy (non-hydrogen) atoms. The molecular weight excluding hydrogens is 342 g/mol. The highest BCUT2D eigenvalue weighted by atomic mass is 79.9. The second kappa shape index (κ2) is 6.75. The van der Waals surface area contributed by atoms with E-state index in [-0.39, 0.29) is 5.91 Å². The SMILES string of the molecule is O=C(Cn1ccc2ccc(Br)cc21)NCCc1ccccn1. The summed E-state index contributed by atoms with van der Waals surface area (Å²) >= 11 is 3.46. The highest BCUT2D eigenvalue weighted by molar-refractivity contribution is 9.10. The summed E-state index contributed by atoms with van der Waals surface area (Å²) in [5, 5.41) is 4.07. The van der Waals surface area contributed by atoms with Crippen molar-refractivity contribution in [1.29, 1.82) is 0 Å². The van der Waals surface area contributed by atoms with Crippen molar-refractivity contribution in [3.05, 3.63) is 65.0 Å². The van der Waals surface area contributed by atoms with Crippen LogP contribution in [0.4, 0.5) is 0 Å². The lowest BCUT2D eigenvalue weighted by Gasteiger charge is -2.07. The summed E-state index contributed by atoms with van der Waals surface area (Å²) in [6, 6.07) is 13.9. The van der Waals surface area contributed by atoms with E-state index in [4.69, 9.17) is 0 Å². The molecule has 0 bridgehead atoms. The number of aromatic nitrogens is 2. The van der Waals surface area contributed by atoms with Gasteiger partial charge in [0.05, 0.1) is 0 Å². The van der Waals surface area contributed by atoms with E-state index in [1.807, 2.05) is 53.2 Å². The molecule has 0 saturated heterocycles. The molecule has 0 atom stereocenters. The van der Waals surface area contributed by atoms with E-state index in [0.29, 0.717) is 13.1 Å². The number of carbonyl (C=O) groups excluding carboxylic acids is 1. The Morgan fingerprint density at radius 3 is 2.95 bits per heavy atom. The molecule has 0 saturated carbocycles. The van der Waals surface area contributed by atoms with Crippen molar-refractivity contribution in [1.82, 2.24) is 14.9 Å². The van der Waals surface area contributed by atoms with Crippen molar-refractivity contribution in [3.63, 3.8) is 0 Å². The molecule has 0 aliphatic carbocycles. The van der Waals surface area contributed by atoms with E-state index in [1.54, 1.807) is 6.20 Å². The van der Waals surface area contributed by atoms with Crippen molar-refractivity contribution in [2.24, 2.45) is 0 Å². The number of hydrogen-bond acceptors (Lipinski definition) is 2. The number of amides is 1. The molecule has 1 amide bonds.